The zero-order chi connectivity index (χ0) is 20.1. The number of hydrogen-bond acceptors (Lipinski definition) is 4. The maximum Gasteiger partial charge on any atom is 0.261 e. The molecule has 2 rings (SSSR count). The number of anilines is 1. The number of ether oxygens (including phenoxy) is 1. The zero-order valence-electron chi connectivity index (χ0n) is 15.5. The smallest absolute Gasteiger partial charge is 0.261 e. The van der Waals surface area contributed by atoms with Crippen molar-refractivity contribution in [2.75, 3.05) is 17.9 Å². The van der Waals surface area contributed by atoms with E-state index >= 15 is 0 Å². The predicted octanol–water partition coefficient (Wildman–Crippen LogP) is 3.17. The van der Waals surface area contributed by atoms with Crippen molar-refractivity contribution in [3.63, 3.8) is 0 Å². The second kappa shape index (κ2) is 8.39. The molecule has 146 valence electrons. The molecule has 0 unspecified atom stereocenters. The molecule has 0 aliphatic rings. The van der Waals surface area contributed by atoms with E-state index in [-0.39, 0.29) is 28.5 Å². The molecule has 2 N–H and O–H groups in total. The Hall–Kier alpha value is -2.61. The SMILES string of the molecule is CC(C)(C)CNC(=O)COc1ccc(S(=O)(=O)Nc2ccc(F)cc2)cc1. The lowest BCUT2D eigenvalue weighted by Crippen LogP contribution is -2.35. The largest absolute Gasteiger partial charge is 0.484 e. The molecule has 6 nitrogen and oxygen atoms in total. The summed E-state index contributed by atoms with van der Waals surface area (Å²) in [6.07, 6.45) is 0. The molecule has 27 heavy (non-hydrogen) atoms. The van der Waals surface area contributed by atoms with E-state index in [0.29, 0.717) is 12.3 Å². The summed E-state index contributed by atoms with van der Waals surface area (Å²) in [6.45, 7) is 6.39. The highest BCUT2D eigenvalue weighted by molar-refractivity contribution is 7.92. The van der Waals surface area contributed by atoms with Gasteiger partial charge in [-0.3, -0.25) is 9.52 Å². The van der Waals surface area contributed by atoms with Crippen LogP contribution in [0.4, 0.5) is 10.1 Å². The fraction of sp³-hybridized carbons (Fsp3) is 0.316. The number of nitrogens with one attached hydrogen (secondary N) is 2. The molecule has 1 amide bonds. The van der Waals surface area contributed by atoms with E-state index in [1.54, 1.807) is 0 Å². The van der Waals surface area contributed by atoms with Crippen molar-refractivity contribution >= 4 is 21.6 Å². The second-order valence-electron chi connectivity index (χ2n) is 7.21. The molecule has 0 aliphatic carbocycles. The van der Waals surface area contributed by atoms with Gasteiger partial charge >= 0.3 is 0 Å². The van der Waals surface area contributed by atoms with Crippen molar-refractivity contribution in [3.8, 4) is 5.75 Å². The van der Waals surface area contributed by atoms with Crippen molar-refractivity contribution in [2.45, 2.75) is 25.7 Å². The predicted molar refractivity (Wildman–Crippen MR) is 102 cm³/mol. The Bertz CT molecular complexity index is 873. The number of hydrogen-bond donors (Lipinski definition) is 2. The van der Waals surface area contributed by atoms with Crippen LogP contribution in [0.3, 0.4) is 0 Å². The fourth-order valence-electron chi connectivity index (χ4n) is 2.01. The Morgan fingerprint density at radius 1 is 1.04 bits per heavy atom. The Balaban J connectivity index is 1.93. The summed E-state index contributed by atoms with van der Waals surface area (Å²) in [5, 5.41) is 2.76. The molecule has 0 atom stereocenters. The van der Waals surface area contributed by atoms with Gasteiger partial charge in [-0.25, -0.2) is 12.8 Å². The van der Waals surface area contributed by atoms with E-state index in [2.05, 4.69) is 10.0 Å². The topological polar surface area (TPSA) is 84.5 Å². The molecule has 2 aromatic carbocycles. The minimum Gasteiger partial charge on any atom is -0.484 e. The van der Waals surface area contributed by atoms with E-state index in [1.165, 1.54) is 48.5 Å². The average molecular weight is 394 g/mol. The number of carbonyl (C=O) groups is 1. The minimum atomic E-state index is -3.81. The van der Waals surface area contributed by atoms with Crippen LogP contribution in [0.1, 0.15) is 20.8 Å². The van der Waals surface area contributed by atoms with Gasteiger partial charge < -0.3 is 10.1 Å². The summed E-state index contributed by atoms with van der Waals surface area (Å²) in [5.74, 6) is -0.327. The highest BCUT2D eigenvalue weighted by Gasteiger charge is 2.15. The van der Waals surface area contributed by atoms with Crippen molar-refractivity contribution in [1.82, 2.24) is 5.32 Å². The number of halogens is 1. The van der Waals surface area contributed by atoms with Crippen LogP contribution in [0, 0.1) is 11.2 Å². The standard InChI is InChI=1S/C19H23FN2O4S/c1-19(2,3)13-21-18(23)12-26-16-8-10-17(11-9-16)27(24,25)22-15-6-4-14(20)5-7-15/h4-11,22H,12-13H2,1-3H3,(H,21,23). The van der Waals surface area contributed by atoms with Gasteiger partial charge in [-0.1, -0.05) is 20.8 Å². The summed E-state index contributed by atoms with van der Waals surface area (Å²) in [7, 11) is -3.81. The van der Waals surface area contributed by atoms with E-state index in [1.807, 2.05) is 20.8 Å². The van der Waals surface area contributed by atoms with Crippen LogP contribution in [0.2, 0.25) is 0 Å². The lowest BCUT2D eigenvalue weighted by Gasteiger charge is -2.18. The first-order valence-electron chi connectivity index (χ1n) is 8.33. The molecule has 0 spiro atoms. The minimum absolute atomic E-state index is 0.0244. The first-order valence-corrected chi connectivity index (χ1v) is 9.81. The molecule has 2 aromatic rings. The molecule has 0 aromatic heterocycles. The quantitative estimate of drug-likeness (QED) is 0.755. The highest BCUT2D eigenvalue weighted by atomic mass is 32.2. The average Bonchev–Trinajstić information content (AvgIpc) is 2.60. The van der Waals surface area contributed by atoms with E-state index in [9.17, 15) is 17.6 Å². The van der Waals surface area contributed by atoms with Crippen molar-refractivity contribution in [2.24, 2.45) is 5.41 Å². The Kier molecular flexibility index (Phi) is 6.43. The van der Waals surface area contributed by atoms with Crippen molar-refractivity contribution in [1.29, 1.82) is 0 Å². The number of benzene rings is 2. The molecule has 0 aliphatic heterocycles. The van der Waals surface area contributed by atoms with Crippen LogP contribution in [0.15, 0.2) is 53.4 Å². The van der Waals surface area contributed by atoms with Crippen LogP contribution < -0.4 is 14.8 Å². The molecular weight excluding hydrogens is 371 g/mol. The normalized spacial score (nSPS) is 11.7. The maximum absolute atomic E-state index is 12.9. The summed E-state index contributed by atoms with van der Waals surface area (Å²) in [5.41, 5.74) is 0.232. The lowest BCUT2D eigenvalue weighted by atomic mass is 9.97. The third-order valence-corrected chi connectivity index (χ3v) is 4.81. The Morgan fingerprint density at radius 2 is 1.63 bits per heavy atom. The van der Waals surface area contributed by atoms with E-state index in [0.717, 1.165) is 0 Å². The van der Waals surface area contributed by atoms with Gasteiger partial charge in [0.05, 0.1) is 4.90 Å². The van der Waals surface area contributed by atoms with Crippen molar-refractivity contribution < 1.29 is 22.3 Å². The summed E-state index contributed by atoms with van der Waals surface area (Å²) >= 11 is 0. The first kappa shape index (κ1) is 20.7. The number of amides is 1. The molecule has 0 radical (unpaired) electrons. The van der Waals surface area contributed by atoms with Crippen LogP contribution in [0.5, 0.6) is 5.75 Å². The molecule has 0 saturated heterocycles. The lowest BCUT2D eigenvalue weighted by molar-refractivity contribution is -0.123. The molecule has 0 heterocycles. The third-order valence-electron chi connectivity index (χ3n) is 3.42. The van der Waals surface area contributed by atoms with Gasteiger partial charge in [0.1, 0.15) is 11.6 Å². The molecule has 0 bridgehead atoms. The number of rotatable bonds is 7. The maximum atomic E-state index is 12.9. The fourth-order valence-corrected chi connectivity index (χ4v) is 3.07. The summed E-state index contributed by atoms with van der Waals surface area (Å²) in [6, 6.07) is 10.7. The molecule has 0 fully saturated rings. The van der Waals surface area contributed by atoms with Crippen molar-refractivity contribution in [3.05, 3.63) is 54.3 Å². The van der Waals surface area contributed by atoms with Gasteiger partial charge in [-0.05, 0) is 53.9 Å². The van der Waals surface area contributed by atoms with Gasteiger partial charge in [-0.2, -0.15) is 0 Å². The van der Waals surface area contributed by atoms with Crippen LogP contribution in [0.25, 0.3) is 0 Å². The van der Waals surface area contributed by atoms with Gasteiger partial charge in [0.2, 0.25) is 0 Å². The van der Waals surface area contributed by atoms with Crippen LogP contribution >= 0.6 is 0 Å². The first-order chi connectivity index (χ1) is 12.5. The molecular formula is C19H23FN2O4S. The van der Waals surface area contributed by atoms with Crippen LogP contribution in [-0.4, -0.2) is 27.5 Å². The highest BCUT2D eigenvalue weighted by Crippen LogP contribution is 2.19. The van der Waals surface area contributed by atoms with E-state index < -0.39 is 15.8 Å². The summed E-state index contributed by atoms with van der Waals surface area (Å²) < 4.78 is 45.3. The monoisotopic (exact) mass is 394 g/mol. The Labute approximate surface area is 158 Å². The zero-order valence-corrected chi connectivity index (χ0v) is 16.3. The molecule has 0 saturated carbocycles. The molecule has 8 heteroatoms. The Morgan fingerprint density at radius 3 is 2.19 bits per heavy atom. The number of carbonyl (C=O) groups excluding carboxylic acids is 1. The van der Waals surface area contributed by atoms with Gasteiger partial charge in [0.25, 0.3) is 15.9 Å². The van der Waals surface area contributed by atoms with E-state index in [4.69, 9.17) is 4.74 Å². The number of sulfonamides is 1. The third kappa shape index (κ3) is 6.90. The summed E-state index contributed by atoms with van der Waals surface area (Å²) in [4.78, 5) is 11.8. The van der Waals surface area contributed by atoms with Crippen LogP contribution in [-0.2, 0) is 14.8 Å². The van der Waals surface area contributed by atoms with Gasteiger partial charge in [-0.15, -0.1) is 0 Å². The van der Waals surface area contributed by atoms with Gasteiger partial charge in [0.15, 0.2) is 6.61 Å². The van der Waals surface area contributed by atoms with Gasteiger partial charge in [0, 0.05) is 12.2 Å². The second-order valence-corrected chi connectivity index (χ2v) is 8.89.